The second-order valence-corrected chi connectivity index (χ2v) is 2.14. The Labute approximate surface area is 64.8 Å². The molecule has 0 aromatic rings. The molecule has 5 nitrogen and oxygen atoms in total. The summed E-state index contributed by atoms with van der Waals surface area (Å²) < 4.78 is 0. The molecule has 0 rings (SSSR count). The van der Waals surface area contributed by atoms with Crippen molar-refractivity contribution >= 4 is 11.8 Å². The lowest BCUT2D eigenvalue weighted by Crippen LogP contribution is -2.40. The minimum Gasteiger partial charge on any atom is -0.392 e. The maximum absolute atomic E-state index is 10.6. The Kier molecular flexibility index (Phi) is 4.21. The smallest absolute Gasteiger partial charge is 0.309 e. The van der Waals surface area contributed by atoms with Crippen LogP contribution in [0.1, 0.15) is 6.92 Å². The predicted molar refractivity (Wildman–Crippen MR) is 38.8 cm³/mol. The number of hydrogen-bond donors (Lipinski definition) is 3. The number of nitrogens with one attached hydrogen (secondary N) is 2. The maximum atomic E-state index is 10.6. The molecule has 0 saturated carbocycles. The molecule has 0 bridgehead atoms. The van der Waals surface area contributed by atoms with Crippen molar-refractivity contribution in [2.45, 2.75) is 13.0 Å². The van der Waals surface area contributed by atoms with Crippen LogP contribution in [-0.2, 0) is 9.59 Å². The van der Waals surface area contributed by atoms with Gasteiger partial charge in [0.15, 0.2) is 0 Å². The molecule has 11 heavy (non-hydrogen) atoms. The highest BCUT2D eigenvalue weighted by Gasteiger charge is 2.10. The molecule has 0 aromatic heterocycles. The molecule has 0 unspecified atom stereocenters. The number of amides is 2. The summed E-state index contributed by atoms with van der Waals surface area (Å²) in [5.41, 5.74) is 0. The van der Waals surface area contributed by atoms with Crippen LogP contribution in [0.5, 0.6) is 0 Å². The lowest BCUT2D eigenvalue weighted by molar-refractivity contribution is -0.139. The van der Waals surface area contributed by atoms with Gasteiger partial charge in [-0.15, -0.1) is 0 Å². The van der Waals surface area contributed by atoms with Gasteiger partial charge in [0.2, 0.25) is 0 Å². The molecule has 0 radical (unpaired) electrons. The van der Waals surface area contributed by atoms with Gasteiger partial charge < -0.3 is 15.7 Å². The molecular formula is C6H12N2O3. The van der Waals surface area contributed by atoms with Crippen molar-refractivity contribution in [2.75, 3.05) is 13.6 Å². The fourth-order valence-corrected chi connectivity index (χ4v) is 0.434. The molecule has 0 aromatic carbocycles. The van der Waals surface area contributed by atoms with Crippen LogP contribution in [-0.4, -0.2) is 36.6 Å². The number of carbonyl (C=O) groups excluding carboxylic acids is 2. The van der Waals surface area contributed by atoms with E-state index in [-0.39, 0.29) is 6.54 Å². The average molecular weight is 160 g/mol. The number of hydrogen-bond acceptors (Lipinski definition) is 3. The van der Waals surface area contributed by atoms with Gasteiger partial charge >= 0.3 is 11.8 Å². The molecule has 0 aliphatic rings. The van der Waals surface area contributed by atoms with E-state index in [4.69, 9.17) is 5.11 Å². The monoisotopic (exact) mass is 160 g/mol. The van der Waals surface area contributed by atoms with Gasteiger partial charge in [-0.05, 0) is 6.92 Å². The van der Waals surface area contributed by atoms with E-state index in [0.717, 1.165) is 0 Å². The molecule has 0 spiro atoms. The number of rotatable bonds is 2. The summed E-state index contributed by atoms with van der Waals surface area (Å²) in [5, 5.41) is 13.1. The quantitative estimate of drug-likeness (QED) is 0.418. The van der Waals surface area contributed by atoms with E-state index in [1.165, 1.54) is 14.0 Å². The van der Waals surface area contributed by atoms with Crippen LogP contribution in [0.4, 0.5) is 0 Å². The lowest BCUT2D eigenvalue weighted by atomic mass is 10.4. The normalized spacial score (nSPS) is 11.9. The van der Waals surface area contributed by atoms with Gasteiger partial charge in [0.1, 0.15) is 0 Å². The number of aliphatic hydroxyl groups is 1. The van der Waals surface area contributed by atoms with Crippen molar-refractivity contribution in [1.82, 2.24) is 10.6 Å². The Hall–Kier alpha value is -1.10. The van der Waals surface area contributed by atoms with E-state index >= 15 is 0 Å². The number of carbonyl (C=O) groups is 2. The number of aliphatic hydroxyl groups excluding tert-OH is 1. The van der Waals surface area contributed by atoms with Crippen molar-refractivity contribution in [2.24, 2.45) is 0 Å². The summed E-state index contributed by atoms with van der Waals surface area (Å²) in [5.74, 6) is -1.43. The zero-order valence-corrected chi connectivity index (χ0v) is 6.55. The van der Waals surface area contributed by atoms with E-state index in [1.807, 2.05) is 0 Å². The van der Waals surface area contributed by atoms with E-state index in [0.29, 0.717) is 0 Å². The average Bonchev–Trinajstić information content (AvgIpc) is 1.98. The largest absolute Gasteiger partial charge is 0.392 e. The Morgan fingerprint density at radius 3 is 2.36 bits per heavy atom. The highest BCUT2D eigenvalue weighted by atomic mass is 16.3. The van der Waals surface area contributed by atoms with E-state index in [1.54, 1.807) is 0 Å². The topological polar surface area (TPSA) is 78.4 Å². The third-order valence-electron chi connectivity index (χ3n) is 0.991. The highest BCUT2D eigenvalue weighted by molar-refractivity contribution is 6.34. The van der Waals surface area contributed by atoms with Crippen molar-refractivity contribution in [3.63, 3.8) is 0 Å². The maximum Gasteiger partial charge on any atom is 0.309 e. The van der Waals surface area contributed by atoms with Gasteiger partial charge in [0.25, 0.3) is 0 Å². The molecule has 2 amide bonds. The summed E-state index contributed by atoms with van der Waals surface area (Å²) in [6, 6.07) is 0. The lowest BCUT2D eigenvalue weighted by Gasteiger charge is -2.04. The molecule has 0 aliphatic heterocycles. The minimum atomic E-state index is -0.728. The Morgan fingerprint density at radius 2 is 2.00 bits per heavy atom. The second-order valence-electron chi connectivity index (χ2n) is 2.14. The van der Waals surface area contributed by atoms with Crippen LogP contribution in [0, 0.1) is 0 Å². The first-order chi connectivity index (χ1) is 5.07. The summed E-state index contributed by atoms with van der Waals surface area (Å²) in [7, 11) is 1.37. The van der Waals surface area contributed by atoms with E-state index < -0.39 is 17.9 Å². The van der Waals surface area contributed by atoms with Crippen LogP contribution >= 0.6 is 0 Å². The zero-order valence-electron chi connectivity index (χ0n) is 6.55. The SMILES string of the molecule is CNC(=O)C(=O)NC[C@H](C)O. The van der Waals surface area contributed by atoms with Crippen LogP contribution in [0.25, 0.3) is 0 Å². The predicted octanol–water partition coefficient (Wildman–Crippen LogP) is -1.77. The Balaban J connectivity index is 3.61. The Bertz CT molecular complexity index is 156. The molecule has 0 heterocycles. The zero-order chi connectivity index (χ0) is 8.85. The molecule has 64 valence electrons. The van der Waals surface area contributed by atoms with Gasteiger partial charge in [-0.3, -0.25) is 9.59 Å². The summed E-state index contributed by atoms with van der Waals surface area (Å²) in [6.45, 7) is 1.61. The molecule has 0 aliphatic carbocycles. The fourth-order valence-electron chi connectivity index (χ4n) is 0.434. The van der Waals surface area contributed by atoms with Gasteiger partial charge in [-0.25, -0.2) is 0 Å². The summed E-state index contributed by atoms with van der Waals surface area (Å²) in [4.78, 5) is 21.2. The first-order valence-electron chi connectivity index (χ1n) is 3.26. The first kappa shape index (κ1) is 9.90. The van der Waals surface area contributed by atoms with Gasteiger partial charge in [0, 0.05) is 13.6 Å². The van der Waals surface area contributed by atoms with Crippen molar-refractivity contribution in [3.05, 3.63) is 0 Å². The van der Waals surface area contributed by atoms with E-state index in [9.17, 15) is 9.59 Å². The molecular weight excluding hydrogens is 148 g/mol. The van der Waals surface area contributed by atoms with Gasteiger partial charge in [-0.2, -0.15) is 0 Å². The minimum absolute atomic E-state index is 0.0895. The second kappa shape index (κ2) is 4.68. The van der Waals surface area contributed by atoms with Crippen LogP contribution in [0.3, 0.4) is 0 Å². The van der Waals surface area contributed by atoms with Crippen LogP contribution in [0.2, 0.25) is 0 Å². The molecule has 0 saturated heterocycles. The summed E-state index contributed by atoms with van der Waals surface area (Å²) in [6.07, 6.45) is -0.636. The molecule has 0 fully saturated rings. The van der Waals surface area contributed by atoms with Gasteiger partial charge in [-0.1, -0.05) is 0 Å². The van der Waals surface area contributed by atoms with Crippen molar-refractivity contribution in [3.8, 4) is 0 Å². The highest BCUT2D eigenvalue weighted by Crippen LogP contribution is 1.74. The standard InChI is InChI=1S/C6H12N2O3/c1-4(9)3-8-6(11)5(10)7-2/h4,9H,3H2,1-2H3,(H,7,10)(H,8,11)/t4-/m0/s1. The molecule has 5 heteroatoms. The third kappa shape index (κ3) is 4.32. The first-order valence-corrected chi connectivity index (χ1v) is 3.26. The fraction of sp³-hybridized carbons (Fsp3) is 0.667. The van der Waals surface area contributed by atoms with Crippen LogP contribution < -0.4 is 10.6 Å². The Morgan fingerprint density at radius 1 is 1.45 bits per heavy atom. The van der Waals surface area contributed by atoms with Crippen LogP contribution in [0.15, 0.2) is 0 Å². The van der Waals surface area contributed by atoms with Crippen molar-refractivity contribution in [1.29, 1.82) is 0 Å². The van der Waals surface area contributed by atoms with Gasteiger partial charge in [0.05, 0.1) is 6.10 Å². The third-order valence-corrected chi connectivity index (χ3v) is 0.991. The molecule has 3 N–H and O–H groups in total. The van der Waals surface area contributed by atoms with Crippen molar-refractivity contribution < 1.29 is 14.7 Å². The van der Waals surface area contributed by atoms with E-state index in [2.05, 4.69) is 10.6 Å². The number of likely N-dealkylation sites (N-methyl/N-ethyl adjacent to an activating group) is 1. The molecule has 1 atom stereocenters. The summed E-state index contributed by atoms with van der Waals surface area (Å²) >= 11 is 0.